The van der Waals surface area contributed by atoms with Crippen LogP contribution in [-0.2, 0) is 12.8 Å². The average molecular weight is 289 g/mol. The number of aryl methyl sites for hydroxylation is 1. The van der Waals surface area contributed by atoms with E-state index >= 15 is 0 Å². The minimum atomic E-state index is 0.635. The third-order valence-electron chi connectivity index (χ3n) is 3.97. The van der Waals surface area contributed by atoms with Crippen LogP contribution >= 0.6 is 0 Å². The molecule has 0 aromatic heterocycles. The highest BCUT2D eigenvalue weighted by Crippen LogP contribution is 2.37. The highest BCUT2D eigenvalue weighted by atomic mass is 14.2. The lowest BCUT2D eigenvalue weighted by Gasteiger charge is -2.25. The van der Waals surface area contributed by atoms with E-state index in [2.05, 4.69) is 45.9 Å². The Morgan fingerprint density at radius 2 is 1.67 bits per heavy atom. The van der Waals surface area contributed by atoms with Crippen LogP contribution in [-0.4, -0.2) is 0 Å². The summed E-state index contributed by atoms with van der Waals surface area (Å²) in [4.78, 5) is 0. The Hall–Kier alpha value is -1.04. The van der Waals surface area contributed by atoms with Crippen molar-refractivity contribution in [2.75, 3.05) is 0 Å². The molecule has 0 bridgehead atoms. The average Bonchev–Trinajstić information content (AvgIpc) is 2.56. The largest absolute Gasteiger partial charge is 0.0838 e. The van der Waals surface area contributed by atoms with Gasteiger partial charge in [0.1, 0.15) is 0 Å². The van der Waals surface area contributed by atoms with E-state index in [1.807, 2.05) is 27.7 Å². The summed E-state index contributed by atoms with van der Waals surface area (Å²) in [5.74, 6) is 0.635. The van der Waals surface area contributed by atoms with Crippen molar-refractivity contribution in [1.82, 2.24) is 0 Å². The predicted octanol–water partition coefficient (Wildman–Crippen LogP) is 7.16. The molecular formula is C21H36. The van der Waals surface area contributed by atoms with E-state index in [0.717, 1.165) is 6.42 Å². The van der Waals surface area contributed by atoms with E-state index in [-0.39, 0.29) is 0 Å². The van der Waals surface area contributed by atoms with Crippen LogP contribution in [0.3, 0.4) is 0 Å². The van der Waals surface area contributed by atoms with Crippen LogP contribution in [0.2, 0.25) is 0 Å². The normalized spacial score (nSPS) is 14.8. The second kappa shape index (κ2) is 10.7. The van der Waals surface area contributed by atoms with E-state index in [1.54, 1.807) is 27.8 Å². The monoisotopic (exact) mass is 288 g/mol. The summed E-state index contributed by atoms with van der Waals surface area (Å²) in [6.07, 6.45) is 7.32. The molecule has 0 aliphatic heterocycles. The minimum Gasteiger partial charge on any atom is -0.0838 e. The van der Waals surface area contributed by atoms with E-state index in [4.69, 9.17) is 0 Å². The van der Waals surface area contributed by atoms with Crippen molar-refractivity contribution in [2.24, 2.45) is 0 Å². The second-order valence-electron chi connectivity index (χ2n) is 5.34. The Labute approximate surface area is 133 Å². The maximum atomic E-state index is 2.37. The fourth-order valence-electron chi connectivity index (χ4n) is 3.13. The van der Waals surface area contributed by atoms with Gasteiger partial charge < -0.3 is 0 Å². The summed E-state index contributed by atoms with van der Waals surface area (Å²) in [5, 5.41) is 0. The molecule has 0 unspecified atom stereocenters. The van der Waals surface area contributed by atoms with Crippen LogP contribution < -0.4 is 0 Å². The number of hydrogen-bond donors (Lipinski definition) is 0. The first kappa shape index (κ1) is 20.0. The van der Waals surface area contributed by atoms with Gasteiger partial charge in [0.2, 0.25) is 0 Å². The van der Waals surface area contributed by atoms with Gasteiger partial charge in [-0.05, 0) is 66.4 Å². The molecule has 0 atom stereocenters. The molecule has 21 heavy (non-hydrogen) atoms. The molecule has 1 aromatic carbocycles. The zero-order valence-corrected chi connectivity index (χ0v) is 15.6. The Kier molecular flexibility index (Phi) is 10.1. The smallest absolute Gasteiger partial charge is 0.0161 e. The fraction of sp³-hybridized carbons (Fsp3) is 0.619. The molecular weight excluding hydrogens is 252 g/mol. The van der Waals surface area contributed by atoms with Crippen LogP contribution in [0.15, 0.2) is 18.2 Å². The number of fused-ring (bicyclic) bond motifs is 1. The predicted molar refractivity (Wildman–Crippen MR) is 99.2 cm³/mol. The van der Waals surface area contributed by atoms with E-state index in [1.165, 1.54) is 19.3 Å². The molecule has 1 aliphatic rings. The molecule has 0 fully saturated rings. The molecule has 120 valence electrons. The highest BCUT2D eigenvalue weighted by Gasteiger charge is 2.19. The molecule has 1 aromatic rings. The standard InChI is InChI=1S/C17H24.2C2H6/c1-5-13-8-7-9-14-10-11-16(12(3)4)15(6-2)17(13)14;2*1-2/h5,10-12H,6-9H2,1-4H3;2*1-2H3/b13-5-;;. The van der Waals surface area contributed by atoms with Gasteiger partial charge in [0.15, 0.2) is 0 Å². The molecule has 0 spiro atoms. The molecule has 0 radical (unpaired) electrons. The van der Waals surface area contributed by atoms with Gasteiger partial charge in [-0.25, -0.2) is 0 Å². The van der Waals surface area contributed by atoms with E-state index in [9.17, 15) is 0 Å². The maximum Gasteiger partial charge on any atom is -0.0161 e. The highest BCUT2D eigenvalue weighted by molar-refractivity contribution is 5.73. The second-order valence-corrected chi connectivity index (χ2v) is 5.34. The van der Waals surface area contributed by atoms with Crippen molar-refractivity contribution in [3.8, 4) is 0 Å². The lowest BCUT2D eigenvalue weighted by molar-refractivity contribution is 0.796. The van der Waals surface area contributed by atoms with Crippen molar-refractivity contribution in [3.63, 3.8) is 0 Å². The third kappa shape index (κ3) is 4.73. The van der Waals surface area contributed by atoms with Crippen molar-refractivity contribution < 1.29 is 0 Å². The van der Waals surface area contributed by atoms with Gasteiger partial charge in [0.05, 0.1) is 0 Å². The zero-order valence-electron chi connectivity index (χ0n) is 15.6. The molecule has 0 amide bonds. The van der Waals surface area contributed by atoms with Gasteiger partial charge in [-0.2, -0.15) is 0 Å². The quantitative estimate of drug-likeness (QED) is 0.541. The van der Waals surface area contributed by atoms with Crippen LogP contribution in [0.25, 0.3) is 5.57 Å². The third-order valence-corrected chi connectivity index (χ3v) is 3.97. The summed E-state index contributed by atoms with van der Waals surface area (Å²) in [5.41, 5.74) is 7.89. The van der Waals surface area contributed by atoms with E-state index in [0.29, 0.717) is 5.92 Å². The van der Waals surface area contributed by atoms with Crippen molar-refractivity contribution in [2.45, 2.75) is 87.0 Å². The molecule has 0 nitrogen and oxygen atoms in total. The SMILES string of the molecule is C/C=C1/CCCc2ccc(C(C)C)c(CC)c21.CC.CC. The molecule has 0 saturated heterocycles. The molecule has 0 saturated carbocycles. The Morgan fingerprint density at radius 3 is 2.14 bits per heavy atom. The first-order valence-electron chi connectivity index (χ1n) is 8.99. The van der Waals surface area contributed by atoms with Crippen molar-refractivity contribution in [3.05, 3.63) is 40.5 Å². The first-order valence-corrected chi connectivity index (χ1v) is 8.99. The summed E-state index contributed by atoms with van der Waals surface area (Å²) in [6.45, 7) is 17.1. The van der Waals surface area contributed by atoms with Crippen LogP contribution in [0.4, 0.5) is 0 Å². The van der Waals surface area contributed by atoms with Gasteiger partial charge >= 0.3 is 0 Å². The summed E-state index contributed by atoms with van der Waals surface area (Å²) in [6, 6.07) is 4.73. The number of benzene rings is 1. The van der Waals surface area contributed by atoms with Gasteiger partial charge in [-0.1, -0.05) is 66.7 Å². The van der Waals surface area contributed by atoms with Crippen molar-refractivity contribution >= 4 is 5.57 Å². The van der Waals surface area contributed by atoms with Gasteiger partial charge in [-0.15, -0.1) is 0 Å². The lowest BCUT2D eigenvalue weighted by atomic mass is 9.80. The van der Waals surface area contributed by atoms with Crippen LogP contribution in [0.1, 0.15) is 96.4 Å². The molecule has 0 heteroatoms. The zero-order chi connectivity index (χ0) is 16.4. The van der Waals surface area contributed by atoms with Gasteiger partial charge in [-0.3, -0.25) is 0 Å². The van der Waals surface area contributed by atoms with Gasteiger partial charge in [0.25, 0.3) is 0 Å². The van der Waals surface area contributed by atoms with Gasteiger partial charge in [0, 0.05) is 0 Å². The van der Waals surface area contributed by atoms with Crippen LogP contribution in [0.5, 0.6) is 0 Å². The minimum absolute atomic E-state index is 0.635. The topological polar surface area (TPSA) is 0 Å². The molecule has 1 aliphatic carbocycles. The van der Waals surface area contributed by atoms with Crippen molar-refractivity contribution in [1.29, 1.82) is 0 Å². The Morgan fingerprint density at radius 1 is 1.05 bits per heavy atom. The summed E-state index contributed by atoms with van der Waals surface area (Å²) >= 11 is 0. The molecule has 0 N–H and O–H groups in total. The lowest BCUT2D eigenvalue weighted by Crippen LogP contribution is -2.09. The number of allylic oxidation sites excluding steroid dienone is 2. The molecule has 0 heterocycles. The van der Waals surface area contributed by atoms with Crippen LogP contribution in [0, 0.1) is 0 Å². The molecule has 2 rings (SSSR count). The summed E-state index contributed by atoms with van der Waals surface area (Å²) < 4.78 is 0. The Bertz CT molecular complexity index is 436. The first-order chi connectivity index (χ1) is 10.2. The number of rotatable bonds is 2. The Balaban J connectivity index is 0.000000921. The number of hydrogen-bond acceptors (Lipinski definition) is 0. The van der Waals surface area contributed by atoms with E-state index < -0.39 is 0 Å². The fourth-order valence-corrected chi connectivity index (χ4v) is 3.13. The summed E-state index contributed by atoms with van der Waals surface area (Å²) in [7, 11) is 0. The maximum absolute atomic E-state index is 2.37.